The van der Waals surface area contributed by atoms with Crippen molar-refractivity contribution in [2.45, 2.75) is 39.5 Å². The second-order valence-electron chi connectivity index (χ2n) is 5.63. The lowest BCUT2D eigenvalue weighted by atomic mass is 9.84. The van der Waals surface area contributed by atoms with Crippen LogP contribution >= 0.6 is 0 Å². The van der Waals surface area contributed by atoms with Crippen LogP contribution in [0.25, 0.3) is 5.57 Å². The fraction of sp³-hybridized carbons (Fsp3) is 0.368. The summed E-state index contributed by atoms with van der Waals surface area (Å²) in [6.45, 7) is 8.71. The van der Waals surface area contributed by atoms with Gasteiger partial charge >= 0.3 is 0 Å². The second kappa shape index (κ2) is 6.60. The zero-order chi connectivity index (χ0) is 14.5. The van der Waals surface area contributed by atoms with Crippen LogP contribution < -0.4 is 5.32 Å². The zero-order valence-electron chi connectivity index (χ0n) is 12.9. The van der Waals surface area contributed by atoms with Crippen molar-refractivity contribution in [2.24, 2.45) is 0 Å². The summed E-state index contributed by atoms with van der Waals surface area (Å²) in [6, 6.07) is 6.64. The smallest absolute Gasteiger partial charge is 0.00277 e. The maximum Gasteiger partial charge on any atom is 0.00277 e. The summed E-state index contributed by atoms with van der Waals surface area (Å²) in [5, 5.41) is 3.09. The molecule has 0 radical (unpaired) electrons. The first-order valence-electron chi connectivity index (χ1n) is 7.46. The van der Waals surface area contributed by atoms with Gasteiger partial charge in [0.1, 0.15) is 0 Å². The summed E-state index contributed by atoms with van der Waals surface area (Å²) < 4.78 is 0. The summed E-state index contributed by atoms with van der Waals surface area (Å²) >= 11 is 0. The Bertz CT molecular complexity index is 561. The molecule has 1 aliphatic carbocycles. The zero-order valence-corrected chi connectivity index (χ0v) is 12.9. The lowest BCUT2D eigenvalue weighted by Gasteiger charge is -2.21. The van der Waals surface area contributed by atoms with Gasteiger partial charge in [0, 0.05) is 7.05 Å². The summed E-state index contributed by atoms with van der Waals surface area (Å²) in [5.41, 5.74) is 8.02. The van der Waals surface area contributed by atoms with Crippen molar-refractivity contribution in [3.8, 4) is 0 Å². The first kappa shape index (κ1) is 14.6. The number of rotatable bonds is 4. The minimum atomic E-state index is 1.15. The van der Waals surface area contributed by atoms with E-state index in [4.69, 9.17) is 0 Å². The Hall–Kier alpha value is -1.76. The van der Waals surface area contributed by atoms with E-state index in [2.05, 4.69) is 50.0 Å². The Morgan fingerprint density at radius 3 is 2.65 bits per heavy atom. The Kier molecular flexibility index (Phi) is 4.84. The quantitative estimate of drug-likeness (QED) is 0.816. The number of hydrogen-bond donors (Lipinski definition) is 1. The van der Waals surface area contributed by atoms with Crippen LogP contribution in [0.3, 0.4) is 0 Å². The molecule has 0 saturated carbocycles. The lowest BCUT2D eigenvalue weighted by molar-refractivity contribution is 0.695. The van der Waals surface area contributed by atoms with E-state index in [1.807, 2.05) is 13.2 Å². The molecule has 0 aliphatic heterocycles. The Morgan fingerprint density at radius 2 is 1.95 bits per heavy atom. The number of benzene rings is 1. The van der Waals surface area contributed by atoms with Crippen molar-refractivity contribution in [1.29, 1.82) is 0 Å². The van der Waals surface area contributed by atoms with E-state index >= 15 is 0 Å². The molecule has 106 valence electrons. The van der Waals surface area contributed by atoms with Gasteiger partial charge in [-0.2, -0.15) is 0 Å². The normalized spacial score (nSPS) is 15.8. The van der Waals surface area contributed by atoms with E-state index < -0.39 is 0 Å². The van der Waals surface area contributed by atoms with Gasteiger partial charge in [-0.05, 0) is 79.7 Å². The monoisotopic (exact) mass is 267 g/mol. The van der Waals surface area contributed by atoms with Crippen molar-refractivity contribution in [3.63, 3.8) is 0 Å². The molecular formula is C19H25N. The van der Waals surface area contributed by atoms with Crippen LogP contribution in [-0.2, 0) is 0 Å². The third-order valence-corrected chi connectivity index (χ3v) is 4.03. The third-order valence-electron chi connectivity index (χ3n) is 4.03. The van der Waals surface area contributed by atoms with Crippen molar-refractivity contribution in [2.75, 3.05) is 7.05 Å². The molecule has 1 aliphatic rings. The second-order valence-corrected chi connectivity index (χ2v) is 5.63. The van der Waals surface area contributed by atoms with E-state index in [1.54, 1.807) is 0 Å². The standard InChI is InChI=1S/C19H25N/c1-14-9-10-18(15(2)13-14)16(3)19-8-6-5-7-17(19)11-12-20-4/h9-13,20H,3,5-8H2,1-2,4H3/b12-11-. The van der Waals surface area contributed by atoms with Crippen LogP contribution in [0, 0.1) is 13.8 Å². The minimum absolute atomic E-state index is 1.15. The molecule has 1 aromatic rings. The van der Waals surface area contributed by atoms with Gasteiger partial charge in [0.25, 0.3) is 0 Å². The average Bonchev–Trinajstić information content (AvgIpc) is 2.45. The molecule has 2 rings (SSSR count). The van der Waals surface area contributed by atoms with E-state index in [0.717, 1.165) is 12.8 Å². The van der Waals surface area contributed by atoms with Crippen LogP contribution in [0.4, 0.5) is 0 Å². The average molecular weight is 267 g/mol. The van der Waals surface area contributed by atoms with E-state index in [9.17, 15) is 0 Å². The first-order chi connectivity index (χ1) is 9.63. The van der Waals surface area contributed by atoms with Gasteiger partial charge < -0.3 is 5.32 Å². The molecule has 0 saturated heterocycles. The highest BCUT2D eigenvalue weighted by Crippen LogP contribution is 2.35. The number of nitrogens with one attached hydrogen (secondary N) is 1. The van der Waals surface area contributed by atoms with E-state index in [0.29, 0.717) is 0 Å². The SMILES string of the molecule is C=C(C1=C(/C=C\NC)CCCC1)c1ccc(C)cc1C. The van der Waals surface area contributed by atoms with Crippen molar-refractivity contribution >= 4 is 5.57 Å². The predicted octanol–water partition coefficient (Wildman–Crippen LogP) is 4.92. The predicted molar refractivity (Wildman–Crippen MR) is 88.6 cm³/mol. The van der Waals surface area contributed by atoms with Crippen molar-refractivity contribution in [3.05, 3.63) is 64.9 Å². The first-order valence-corrected chi connectivity index (χ1v) is 7.46. The van der Waals surface area contributed by atoms with Gasteiger partial charge in [0.05, 0.1) is 0 Å². The number of allylic oxidation sites excluding steroid dienone is 4. The molecule has 1 aromatic carbocycles. The Balaban J connectivity index is 2.38. The molecule has 20 heavy (non-hydrogen) atoms. The van der Waals surface area contributed by atoms with Crippen LogP contribution in [0.15, 0.2) is 48.2 Å². The molecule has 0 amide bonds. The topological polar surface area (TPSA) is 12.0 Å². The molecule has 1 heteroatoms. The van der Waals surface area contributed by atoms with Gasteiger partial charge in [-0.15, -0.1) is 0 Å². The molecule has 1 nitrogen and oxygen atoms in total. The molecule has 0 fully saturated rings. The van der Waals surface area contributed by atoms with Gasteiger partial charge in [-0.3, -0.25) is 0 Å². The molecule has 0 heterocycles. The highest BCUT2D eigenvalue weighted by Gasteiger charge is 2.15. The molecule has 0 aromatic heterocycles. The van der Waals surface area contributed by atoms with Gasteiger partial charge in [-0.25, -0.2) is 0 Å². The van der Waals surface area contributed by atoms with Crippen molar-refractivity contribution < 1.29 is 0 Å². The Labute approximate surface area is 123 Å². The lowest BCUT2D eigenvalue weighted by Crippen LogP contribution is -2.03. The minimum Gasteiger partial charge on any atom is -0.394 e. The maximum atomic E-state index is 4.39. The summed E-state index contributed by atoms with van der Waals surface area (Å²) in [5.74, 6) is 0. The van der Waals surface area contributed by atoms with Gasteiger partial charge in [0.15, 0.2) is 0 Å². The van der Waals surface area contributed by atoms with E-state index in [1.165, 1.54) is 46.3 Å². The van der Waals surface area contributed by atoms with Crippen molar-refractivity contribution in [1.82, 2.24) is 5.32 Å². The molecule has 0 atom stereocenters. The summed E-state index contributed by atoms with van der Waals surface area (Å²) in [4.78, 5) is 0. The van der Waals surface area contributed by atoms with Gasteiger partial charge in [0.2, 0.25) is 0 Å². The van der Waals surface area contributed by atoms with Crippen LogP contribution in [0.1, 0.15) is 42.4 Å². The fourth-order valence-corrected chi connectivity index (χ4v) is 2.96. The third kappa shape index (κ3) is 3.22. The van der Waals surface area contributed by atoms with Crippen LogP contribution in [-0.4, -0.2) is 7.05 Å². The number of hydrogen-bond acceptors (Lipinski definition) is 1. The molecule has 0 bridgehead atoms. The van der Waals surface area contributed by atoms with E-state index in [-0.39, 0.29) is 0 Å². The molecule has 0 spiro atoms. The largest absolute Gasteiger partial charge is 0.394 e. The highest BCUT2D eigenvalue weighted by atomic mass is 14.8. The molecular weight excluding hydrogens is 242 g/mol. The van der Waals surface area contributed by atoms with Gasteiger partial charge in [-0.1, -0.05) is 30.3 Å². The van der Waals surface area contributed by atoms with Crippen LogP contribution in [0.2, 0.25) is 0 Å². The summed E-state index contributed by atoms with van der Waals surface area (Å²) in [6.07, 6.45) is 9.11. The Morgan fingerprint density at radius 1 is 1.20 bits per heavy atom. The highest BCUT2D eigenvalue weighted by molar-refractivity contribution is 5.80. The maximum absolute atomic E-state index is 4.39. The summed E-state index contributed by atoms with van der Waals surface area (Å²) in [7, 11) is 1.94. The fourth-order valence-electron chi connectivity index (χ4n) is 2.96. The van der Waals surface area contributed by atoms with Crippen LogP contribution in [0.5, 0.6) is 0 Å². The molecule has 1 N–H and O–H groups in total. The molecule has 0 unspecified atom stereocenters. The number of aryl methyl sites for hydroxylation is 2.